The number of benzene rings is 1. The van der Waals surface area contributed by atoms with E-state index in [2.05, 4.69) is 36.6 Å². The lowest BCUT2D eigenvalue weighted by molar-refractivity contribution is 1.15. The van der Waals surface area contributed by atoms with E-state index in [0.717, 1.165) is 10.2 Å². The fraction of sp³-hybridized carbons (Fsp3) is 0. The molecule has 1 heterocycles. The van der Waals surface area contributed by atoms with Gasteiger partial charge in [0.1, 0.15) is 11.6 Å². The Morgan fingerprint density at radius 1 is 1.12 bits per heavy atom. The largest absolute Gasteiger partial charge is 0.368 e. The van der Waals surface area contributed by atoms with Crippen molar-refractivity contribution in [3.63, 3.8) is 0 Å². The molecule has 88 valence electrons. The Morgan fingerprint density at radius 2 is 1.88 bits per heavy atom. The minimum absolute atomic E-state index is 0.151. The summed E-state index contributed by atoms with van der Waals surface area (Å²) in [5.41, 5.74) is 8.87. The third-order valence-electron chi connectivity index (χ3n) is 1.99. The summed E-state index contributed by atoms with van der Waals surface area (Å²) in [6.45, 7) is 0. The van der Waals surface area contributed by atoms with Gasteiger partial charge in [-0.15, -0.1) is 0 Å². The molecule has 7 heteroatoms. The number of halogens is 1. The maximum absolute atomic E-state index is 5.55. The molecule has 0 atom stereocenters. The molecule has 17 heavy (non-hydrogen) atoms. The van der Waals surface area contributed by atoms with Gasteiger partial charge in [0.05, 0.1) is 0 Å². The summed E-state index contributed by atoms with van der Waals surface area (Å²) in [5, 5.41) is 3.10. The predicted molar refractivity (Wildman–Crippen MR) is 71.7 cm³/mol. The van der Waals surface area contributed by atoms with Gasteiger partial charge in [-0.05, 0) is 18.2 Å². The molecule has 0 fully saturated rings. The lowest BCUT2D eigenvalue weighted by atomic mass is 10.3. The smallest absolute Gasteiger partial charge is 0.223 e. The van der Waals surface area contributed by atoms with Crippen LogP contribution < -0.4 is 22.3 Å². The van der Waals surface area contributed by atoms with Crippen LogP contribution in [0.15, 0.2) is 34.8 Å². The summed E-state index contributed by atoms with van der Waals surface area (Å²) in [4.78, 5) is 7.94. The Kier molecular flexibility index (Phi) is 3.40. The fourth-order valence-electron chi connectivity index (χ4n) is 1.32. The number of hydrazine groups is 1. The standard InChI is InChI=1S/C10H11BrN6/c11-6-2-1-3-7(4-6)14-8-5-9(17-13)16-10(12)15-8/h1-5H,13H2,(H4,12,14,15,16,17). The normalized spacial score (nSPS) is 10.0. The number of hydrogen-bond acceptors (Lipinski definition) is 6. The molecular weight excluding hydrogens is 284 g/mol. The number of nitrogens with one attached hydrogen (secondary N) is 2. The highest BCUT2D eigenvalue weighted by Crippen LogP contribution is 2.20. The van der Waals surface area contributed by atoms with Crippen LogP contribution in [0.1, 0.15) is 0 Å². The number of anilines is 4. The molecule has 6 nitrogen and oxygen atoms in total. The Labute approximate surface area is 107 Å². The highest BCUT2D eigenvalue weighted by molar-refractivity contribution is 9.10. The second-order valence-corrected chi connectivity index (χ2v) is 4.19. The van der Waals surface area contributed by atoms with E-state index >= 15 is 0 Å². The molecule has 0 spiro atoms. The zero-order valence-electron chi connectivity index (χ0n) is 8.81. The van der Waals surface area contributed by atoms with Crippen molar-refractivity contribution in [2.24, 2.45) is 5.84 Å². The highest BCUT2D eigenvalue weighted by atomic mass is 79.9. The molecule has 0 amide bonds. The van der Waals surface area contributed by atoms with E-state index in [1.807, 2.05) is 24.3 Å². The zero-order chi connectivity index (χ0) is 12.3. The maximum Gasteiger partial charge on any atom is 0.223 e. The van der Waals surface area contributed by atoms with E-state index in [1.54, 1.807) is 6.07 Å². The Morgan fingerprint density at radius 3 is 2.59 bits per heavy atom. The van der Waals surface area contributed by atoms with Crippen LogP contribution in [0.5, 0.6) is 0 Å². The van der Waals surface area contributed by atoms with Gasteiger partial charge in [0, 0.05) is 16.2 Å². The first-order chi connectivity index (χ1) is 8.17. The highest BCUT2D eigenvalue weighted by Gasteiger charge is 2.02. The van der Waals surface area contributed by atoms with Crippen LogP contribution in [-0.2, 0) is 0 Å². The SMILES string of the molecule is NNc1cc(Nc2cccc(Br)c2)nc(N)n1. The average molecular weight is 295 g/mol. The quantitative estimate of drug-likeness (QED) is 0.509. The van der Waals surface area contributed by atoms with Crippen molar-refractivity contribution in [2.75, 3.05) is 16.5 Å². The van der Waals surface area contributed by atoms with Crippen molar-refractivity contribution in [3.05, 3.63) is 34.8 Å². The van der Waals surface area contributed by atoms with Crippen LogP contribution in [0, 0.1) is 0 Å². The van der Waals surface area contributed by atoms with Gasteiger partial charge in [0.2, 0.25) is 5.95 Å². The number of hydrogen-bond donors (Lipinski definition) is 4. The summed E-state index contributed by atoms with van der Waals surface area (Å²) in [5.74, 6) is 6.45. The second-order valence-electron chi connectivity index (χ2n) is 3.28. The van der Waals surface area contributed by atoms with Crippen LogP contribution in [0.2, 0.25) is 0 Å². The van der Waals surface area contributed by atoms with Crippen LogP contribution in [-0.4, -0.2) is 9.97 Å². The van der Waals surface area contributed by atoms with E-state index < -0.39 is 0 Å². The van der Waals surface area contributed by atoms with Gasteiger partial charge in [-0.1, -0.05) is 22.0 Å². The summed E-state index contributed by atoms with van der Waals surface area (Å²) in [7, 11) is 0. The molecule has 0 aliphatic carbocycles. The first kappa shape index (κ1) is 11.6. The molecule has 2 rings (SSSR count). The summed E-state index contributed by atoms with van der Waals surface area (Å²) in [6, 6.07) is 9.36. The number of nitrogens with zero attached hydrogens (tertiary/aromatic N) is 2. The van der Waals surface area contributed by atoms with Gasteiger partial charge >= 0.3 is 0 Å². The van der Waals surface area contributed by atoms with E-state index in [0.29, 0.717) is 11.6 Å². The molecule has 1 aromatic heterocycles. The molecule has 1 aromatic carbocycles. The Bertz CT molecular complexity index is 530. The van der Waals surface area contributed by atoms with Gasteiger partial charge in [-0.2, -0.15) is 9.97 Å². The Balaban J connectivity index is 2.26. The van der Waals surface area contributed by atoms with Gasteiger partial charge in [-0.25, -0.2) is 5.84 Å². The lowest BCUT2D eigenvalue weighted by Gasteiger charge is -2.08. The van der Waals surface area contributed by atoms with Crippen molar-refractivity contribution in [3.8, 4) is 0 Å². The van der Waals surface area contributed by atoms with E-state index in [4.69, 9.17) is 11.6 Å². The molecule has 0 radical (unpaired) electrons. The van der Waals surface area contributed by atoms with Crippen molar-refractivity contribution in [1.29, 1.82) is 0 Å². The lowest BCUT2D eigenvalue weighted by Crippen LogP contribution is -2.11. The minimum Gasteiger partial charge on any atom is -0.368 e. The van der Waals surface area contributed by atoms with Crippen LogP contribution in [0.3, 0.4) is 0 Å². The van der Waals surface area contributed by atoms with Gasteiger partial charge < -0.3 is 16.5 Å². The second kappa shape index (κ2) is 4.98. The van der Waals surface area contributed by atoms with Crippen molar-refractivity contribution >= 4 is 39.2 Å². The minimum atomic E-state index is 0.151. The summed E-state index contributed by atoms with van der Waals surface area (Å²) in [6.07, 6.45) is 0. The molecular formula is C10H11BrN6. The predicted octanol–water partition coefficient (Wildman–Crippen LogP) is 1.85. The topological polar surface area (TPSA) is 102 Å². The summed E-state index contributed by atoms with van der Waals surface area (Å²) >= 11 is 3.39. The Hall–Kier alpha value is -1.86. The van der Waals surface area contributed by atoms with E-state index in [1.165, 1.54) is 0 Å². The van der Waals surface area contributed by atoms with Crippen LogP contribution >= 0.6 is 15.9 Å². The van der Waals surface area contributed by atoms with Gasteiger partial charge in [0.15, 0.2) is 0 Å². The monoisotopic (exact) mass is 294 g/mol. The van der Waals surface area contributed by atoms with Crippen molar-refractivity contribution < 1.29 is 0 Å². The zero-order valence-corrected chi connectivity index (χ0v) is 10.4. The maximum atomic E-state index is 5.55. The molecule has 0 saturated heterocycles. The van der Waals surface area contributed by atoms with Crippen molar-refractivity contribution in [2.45, 2.75) is 0 Å². The third-order valence-corrected chi connectivity index (χ3v) is 2.48. The molecule has 0 saturated carbocycles. The molecule has 0 aliphatic rings. The van der Waals surface area contributed by atoms with Crippen molar-refractivity contribution in [1.82, 2.24) is 9.97 Å². The molecule has 0 aliphatic heterocycles. The number of nitrogen functional groups attached to an aromatic ring is 2. The summed E-state index contributed by atoms with van der Waals surface area (Å²) < 4.78 is 0.974. The average Bonchev–Trinajstić information content (AvgIpc) is 2.28. The first-order valence-electron chi connectivity index (χ1n) is 4.81. The number of nitrogens with two attached hydrogens (primary N) is 2. The number of aromatic nitrogens is 2. The van der Waals surface area contributed by atoms with Crippen LogP contribution in [0.25, 0.3) is 0 Å². The molecule has 6 N–H and O–H groups in total. The van der Waals surface area contributed by atoms with Crippen LogP contribution in [0.4, 0.5) is 23.3 Å². The third kappa shape index (κ3) is 3.05. The molecule has 2 aromatic rings. The van der Waals surface area contributed by atoms with Gasteiger partial charge in [0.25, 0.3) is 0 Å². The first-order valence-corrected chi connectivity index (χ1v) is 5.60. The molecule has 0 bridgehead atoms. The van der Waals surface area contributed by atoms with E-state index in [9.17, 15) is 0 Å². The molecule has 0 unspecified atom stereocenters. The number of rotatable bonds is 3. The van der Waals surface area contributed by atoms with E-state index in [-0.39, 0.29) is 5.95 Å². The van der Waals surface area contributed by atoms with Gasteiger partial charge in [-0.3, -0.25) is 0 Å². The fourth-order valence-corrected chi connectivity index (χ4v) is 1.72.